The number of hydrogen-bond acceptors (Lipinski definition) is 6. The molecule has 3 unspecified atom stereocenters. The van der Waals surface area contributed by atoms with Crippen LogP contribution in [0.2, 0.25) is 0 Å². The summed E-state index contributed by atoms with van der Waals surface area (Å²) in [6.45, 7) is 4.80. The second-order valence-electron chi connectivity index (χ2n) is 24.9. The molecule has 0 aromatic heterocycles. The maximum absolute atomic E-state index is 13.0. The third kappa shape index (κ3) is 61.0. The zero-order valence-corrected chi connectivity index (χ0v) is 52.4. The van der Waals surface area contributed by atoms with Crippen molar-refractivity contribution in [2.24, 2.45) is 0 Å². The van der Waals surface area contributed by atoms with Gasteiger partial charge in [-0.3, -0.25) is 9.36 Å². The first-order valence-electron chi connectivity index (χ1n) is 33.9. The Labute approximate surface area is 470 Å². The third-order valence-corrected chi connectivity index (χ3v) is 17.1. The Bertz CT molecular complexity index is 1180. The molecule has 0 saturated carbocycles. The fourth-order valence-corrected chi connectivity index (χ4v) is 11.5. The first kappa shape index (κ1) is 74.5. The second-order valence-corrected chi connectivity index (χ2v) is 26.3. The Morgan fingerprint density at radius 3 is 0.907 bits per heavy atom. The maximum Gasteiger partial charge on any atom is 0.268 e. The van der Waals surface area contributed by atoms with Gasteiger partial charge in [0.25, 0.3) is 7.82 Å². The number of nitrogens with one attached hydrogen (secondary N) is 1. The number of quaternary nitrogens is 1. The summed E-state index contributed by atoms with van der Waals surface area (Å²) in [5.41, 5.74) is 0. The molecule has 8 nitrogen and oxygen atoms in total. The molecule has 0 aromatic carbocycles. The number of hydrogen-bond donors (Lipinski definition) is 2. The van der Waals surface area contributed by atoms with Crippen molar-refractivity contribution in [3.8, 4) is 0 Å². The van der Waals surface area contributed by atoms with E-state index >= 15 is 0 Å². The summed E-state index contributed by atoms with van der Waals surface area (Å²) in [6, 6.07) is -0.796. The van der Waals surface area contributed by atoms with Crippen molar-refractivity contribution in [2.75, 3.05) is 40.9 Å². The number of phosphoric ester groups is 1. The quantitative estimate of drug-likeness (QED) is 0.0357. The summed E-state index contributed by atoms with van der Waals surface area (Å²) in [5.74, 6) is -0.154. The summed E-state index contributed by atoms with van der Waals surface area (Å²) < 4.78 is 23.5. The minimum absolute atomic E-state index is 0.0169. The highest BCUT2D eigenvalue weighted by Crippen LogP contribution is 2.38. The van der Waals surface area contributed by atoms with Crippen molar-refractivity contribution in [2.45, 2.75) is 379 Å². The predicted molar refractivity (Wildman–Crippen MR) is 326 cm³/mol. The van der Waals surface area contributed by atoms with Crippen LogP contribution in [0.3, 0.4) is 0 Å². The Morgan fingerprint density at radius 2 is 0.653 bits per heavy atom. The van der Waals surface area contributed by atoms with E-state index in [-0.39, 0.29) is 19.1 Å². The largest absolute Gasteiger partial charge is 0.756 e. The van der Waals surface area contributed by atoms with E-state index in [0.29, 0.717) is 23.9 Å². The van der Waals surface area contributed by atoms with Crippen molar-refractivity contribution >= 4 is 13.7 Å². The van der Waals surface area contributed by atoms with E-state index < -0.39 is 20.0 Å². The van der Waals surface area contributed by atoms with Gasteiger partial charge in [0.05, 0.1) is 39.9 Å². The van der Waals surface area contributed by atoms with Crippen LogP contribution in [0.25, 0.3) is 0 Å². The van der Waals surface area contributed by atoms with E-state index in [1.165, 1.54) is 302 Å². The molecular weight excluding hydrogens is 948 g/mol. The first-order chi connectivity index (χ1) is 36.5. The summed E-state index contributed by atoms with van der Waals surface area (Å²) in [6.07, 6.45) is 71.7. The van der Waals surface area contributed by atoms with Gasteiger partial charge in [-0.2, -0.15) is 0 Å². The van der Waals surface area contributed by atoms with E-state index in [0.717, 1.165) is 38.5 Å². The van der Waals surface area contributed by atoms with Crippen molar-refractivity contribution in [1.29, 1.82) is 0 Å². The van der Waals surface area contributed by atoms with Crippen molar-refractivity contribution in [3.63, 3.8) is 0 Å². The van der Waals surface area contributed by atoms with Gasteiger partial charge >= 0.3 is 0 Å². The number of aliphatic hydroxyl groups is 1. The van der Waals surface area contributed by atoms with Gasteiger partial charge in [-0.25, -0.2) is 0 Å². The SMILES string of the molecule is CCCCCCCCCCCCCCCCCCCCCCCCCCCCCCCCCCC(O)C(COP(=O)([O-])OCC[N+](C)(C)C)NC(=O)CCCCCCCCCCCCCCCCCCCCCCC. The maximum atomic E-state index is 13.0. The number of aliphatic hydroxyl groups excluding tert-OH is 1. The van der Waals surface area contributed by atoms with Crippen LogP contribution in [0.4, 0.5) is 0 Å². The van der Waals surface area contributed by atoms with Crippen LogP contribution in [-0.2, 0) is 18.4 Å². The van der Waals surface area contributed by atoms with Gasteiger partial charge in [0, 0.05) is 6.42 Å². The highest BCUT2D eigenvalue weighted by molar-refractivity contribution is 7.45. The van der Waals surface area contributed by atoms with E-state index in [4.69, 9.17) is 9.05 Å². The molecule has 2 N–H and O–H groups in total. The molecule has 0 bridgehead atoms. The fraction of sp³-hybridized carbons (Fsp3) is 0.985. The lowest BCUT2D eigenvalue weighted by molar-refractivity contribution is -0.870. The molecule has 3 atom stereocenters. The fourth-order valence-electron chi connectivity index (χ4n) is 10.8. The van der Waals surface area contributed by atoms with E-state index in [9.17, 15) is 19.4 Å². The van der Waals surface area contributed by atoms with Gasteiger partial charge in [0.1, 0.15) is 13.2 Å². The summed E-state index contributed by atoms with van der Waals surface area (Å²) in [7, 11) is 1.33. The molecule has 0 aliphatic heterocycles. The molecule has 0 saturated heterocycles. The Balaban J connectivity index is 3.98. The van der Waals surface area contributed by atoms with Crippen LogP contribution in [-0.4, -0.2) is 68.5 Å². The summed E-state index contributed by atoms with van der Waals surface area (Å²) in [5, 5.41) is 14.1. The van der Waals surface area contributed by atoms with Gasteiger partial charge in [-0.05, 0) is 12.8 Å². The van der Waals surface area contributed by atoms with Crippen LogP contribution in [0.1, 0.15) is 367 Å². The lowest BCUT2D eigenvalue weighted by Gasteiger charge is -2.30. The number of nitrogens with zero attached hydrogens (tertiary/aromatic N) is 1. The van der Waals surface area contributed by atoms with Gasteiger partial charge in [-0.15, -0.1) is 0 Å². The van der Waals surface area contributed by atoms with Gasteiger partial charge in [-0.1, -0.05) is 348 Å². The smallest absolute Gasteiger partial charge is 0.268 e. The average Bonchev–Trinajstić information content (AvgIpc) is 3.37. The van der Waals surface area contributed by atoms with Crippen LogP contribution >= 0.6 is 7.82 Å². The molecular formula is C66H135N2O6P. The lowest BCUT2D eigenvalue weighted by Crippen LogP contribution is -2.46. The number of carbonyl (C=O) groups is 1. The average molecular weight is 1080 g/mol. The monoisotopic (exact) mass is 1080 g/mol. The number of carbonyl (C=O) groups excluding carboxylic acids is 1. The van der Waals surface area contributed by atoms with Crippen LogP contribution < -0.4 is 10.2 Å². The molecule has 0 radical (unpaired) electrons. The second kappa shape index (κ2) is 58.2. The minimum Gasteiger partial charge on any atom is -0.756 e. The van der Waals surface area contributed by atoms with Crippen molar-refractivity contribution in [1.82, 2.24) is 5.32 Å². The van der Waals surface area contributed by atoms with Crippen LogP contribution in [0.5, 0.6) is 0 Å². The van der Waals surface area contributed by atoms with Gasteiger partial charge in [0.2, 0.25) is 5.91 Å². The van der Waals surface area contributed by atoms with E-state index in [2.05, 4.69) is 19.2 Å². The molecule has 0 heterocycles. The summed E-state index contributed by atoms with van der Waals surface area (Å²) in [4.78, 5) is 25.6. The highest BCUT2D eigenvalue weighted by Gasteiger charge is 2.24. The summed E-state index contributed by atoms with van der Waals surface area (Å²) >= 11 is 0. The van der Waals surface area contributed by atoms with Crippen molar-refractivity contribution < 1.29 is 32.9 Å². The van der Waals surface area contributed by atoms with Crippen molar-refractivity contribution in [3.05, 3.63) is 0 Å². The van der Waals surface area contributed by atoms with Crippen LogP contribution in [0.15, 0.2) is 0 Å². The molecule has 0 spiro atoms. The molecule has 9 heteroatoms. The molecule has 75 heavy (non-hydrogen) atoms. The first-order valence-corrected chi connectivity index (χ1v) is 35.3. The third-order valence-electron chi connectivity index (χ3n) is 16.1. The van der Waals surface area contributed by atoms with Crippen LogP contribution in [0, 0.1) is 0 Å². The number of rotatable bonds is 64. The Hall–Kier alpha value is -0.500. The molecule has 0 aliphatic carbocycles. The molecule has 0 rings (SSSR count). The molecule has 0 aromatic rings. The lowest BCUT2D eigenvalue weighted by atomic mass is 10.0. The molecule has 1 amide bonds. The predicted octanol–water partition coefficient (Wildman–Crippen LogP) is 20.5. The van der Waals surface area contributed by atoms with E-state index in [1.54, 1.807) is 0 Å². The van der Waals surface area contributed by atoms with E-state index in [1.807, 2.05) is 21.1 Å². The molecule has 0 aliphatic rings. The molecule has 0 fully saturated rings. The number of likely N-dealkylation sites (N-methyl/N-ethyl adjacent to an activating group) is 1. The van der Waals surface area contributed by atoms with Gasteiger partial charge < -0.3 is 28.8 Å². The topological polar surface area (TPSA) is 108 Å². The zero-order valence-electron chi connectivity index (χ0n) is 51.5. The normalized spacial score (nSPS) is 13.6. The highest BCUT2D eigenvalue weighted by atomic mass is 31.2. The zero-order chi connectivity index (χ0) is 54.9. The van der Waals surface area contributed by atoms with Gasteiger partial charge in [0.15, 0.2) is 0 Å². The number of unbranched alkanes of at least 4 members (excludes halogenated alkanes) is 51. The Morgan fingerprint density at radius 1 is 0.413 bits per heavy atom. The minimum atomic E-state index is -4.57. The standard InChI is InChI=1S/C66H135N2O6P/c1-6-8-10-12-14-16-18-20-22-24-26-28-29-30-31-32-33-34-35-36-37-38-40-41-43-45-47-49-51-53-55-57-59-65(69)64(63-74-75(71,72)73-62-61-68(3,4)5)67-66(70)60-58-56-54-52-50-48-46-44-42-39-27-25-23-21-19-17-15-13-11-9-7-2/h64-65,69H,6-63H2,1-5H3,(H-,67,70,71,72). The number of phosphoric acid groups is 1. The number of amides is 1. The molecule has 450 valence electrons. The Kier molecular flexibility index (Phi) is 57.8.